The summed E-state index contributed by atoms with van der Waals surface area (Å²) < 4.78 is 27.6. The third-order valence-corrected chi connectivity index (χ3v) is 5.42. The Hall–Kier alpha value is -0.850. The number of pyridine rings is 1. The summed E-state index contributed by atoms with van der Waals surface area (Å²) in [6.45, 7) is 2.61. The number of aromatic nitrogens is 1. The van der Waals surface area contributed by atoms with Gasteiger partial charge in [-0.15, -0.1) is 0 Å². The van der Waals surface area contributed by atoms with Gasteiger partial charge in [0, 0.05) is 18.8 Å². The summed E-state index contributed by atoms with van der Waals surface area (Å²) in [7, 11) is -3.56. The first-order valence-electron chi connectivity index (χ1n) is 7.44. The van der Waals surface area contributed by atoms with E-state index < -0.39 is 10.0 Å². The Morgan fingerprint density at radius 2 is 1.95 bits per heavy atom. The Morgan fingerprint density at radius 1 is 1.29 bits per heavy atom. The molecule has 0 unspecified atom stereocenters. The van der Waals surface area contributed by atoms with Crippen LogP contribution in [-0.2, 0) is 10.0 Å². The molecular formula is C14H22ClN3O2S. The predicted octanol–water partition coefficient (Wildman–Crippen LogP) is 3.17. The fourth-order valence-electron chi connectivity index (χ4n) is 2.55. The number of hydrogen-bond donors (Lipinski definition) is 2. The maximum Gasteiger partial charge on any atom is 0.242 e. The van der Waals surface area contributed by atoms with Crippen LogP contribution in [0.5, 0.6) is 0 Å². The largest absolute Gasteiger partial charge is 0.369 e. The topological polar surface area (TPSA) is 71.1 Å². The first-order chi connectivity index (χ1) is 10.0. The summed E-state index contributed by atoms with van der Waals surface area (Å²) >= 11 is 6.07. The molecule has 1 aromatic heterocycles. The van der Waals surface area contributed by atoms with Gasteiger partial charge in [-0.25, -0.2) is 18.1 Å². The molecule has 2 N–H and O–H groups in total. The fraction of sp³-hybridized carbons (Fsp3) is 0.643. The summed E-state index contributed by atoms with van der Waals surface area (Å²) in [4.78, 5) is 4.21. The van der Waals surface area contributed by atoms with Crippen LogP contribution in [0.3, 0.4) is 0 Å². The number of anilines is 1. The lowest BCUT2D eigenvalue weighted by atomic mass is 10.1. The van der Waals surface area contributed by atoms with Crippen molar-refractivity contribution in [2.24, 2.45) is 0 Å². The molecule has 118 valence electrons. The van der Waals surface area contributed by atoms with Gasteiger partial charge in [0.25, 0.3) is 0 Å². The summed E-state index contributed by atoms with van der Waals surface area (Å²) in [6.07, 6.45) is 7.66. The molecule has 1 aliphatic carbocycles. The van der Waals surface area contributed by atoms with E-state index >= 15 is 0 Å². The molecule has 0 aromatic carbocycles. The lowest BCUT2D eigenvalue weighted by Gasteiger charge is -2.16. The Morgan fingerprint density at radius 3 is 2.52 bits per heavy atom. The maximum absolute atomic E-state index is 12.4. The predicted molar refractivity (Wildman–Crippen MR) is 85.2 cm³/mol. The number of nitrogens with one attached hydrogen (secondary N) is 2. The van der Waals surface area contributed by atoms with Gasteiger partial charge in [-0.1, -0.05) is 37.3 Å². The normalized spacial score (nSPS) is 17.4. The van der Waals surface area contributed by atoms with Crippen molar-refractivity contribution >= 4 is 27.4 Å². The minimum Gasteiger partial charge on any atom is -0.369 e. The maximum atomic E-state index is 12.4. The summed E-state index contributed by atoms with van der Waals surface area (Å²) in [6, 6.07) is 1.47. The van der Waals surface area contributed by atoms with Gasteiger partial charge in [0.1, 0.15) is 10.7 Å². The lowest BCUT2D eigenvalue weighted by molar-refractivity contribution is 0.509. The van der Waals surface area contributed by atoms with E-state index in [1.165, 1.54) is 25.1 Å². The van der Waals surface area contributed by atoms with Crippen LogP contribution in [0.4, 0.5) is 5.82 Å². The Labute approximate surface area is 131 Å². The molecule has 1 aromatic rings. The van der Waals surface area contributed by atoms with Crippen LogP contribution in [0, 0.1) is 0 Å². The van der Waals surface area contributed by atoms with E-state index in [0.29, 0.717) is 17.4 Å². The highest BCUT2D eigenvalue weighted by atomic mass is 35.5. The Kier molecular flexibility index (Phi) is 5.84. The van der Waals surface area contributed by atoms with Crippen molar-refractivity contribution in [3.05, 3.63) is 17.3 Å². The number of sulfonamides is 1. The van der Waals surface area contributed by atoms with Crippen molar-refractivity contribution in [1.29, 1.82) is 0 Å². The zero-order valence-electron chi connectivity index (χ0n) is 12.2. The van der Waals surface area contributed by atoms with Crippen LogP contribution >= 0.6 is 11.6 Å². The molecule has 7 heteroatoms. The molecule has 0 amide bonds. The van der Waals surface area contributed by atoms with Crippen molar-refractivity contribution in [3.8, 4) is 0 Å². The van der Waals surface area contributed by atoms with Crippen molar-refractivity contribution in [2.45, 2.75) is 56.4 Å². The molecule has 2 rings (SSSR count). The van der Waals surface area contributed by atoms with Crippen molar-refractivity contribution < 1.29 is 8.42 Å². The van der Waals surface area contributed by atoms with Gasteiger partial charge in [-0.05, 0) is 25.8 Å². The van der Waals surface area contributed by atoms with Gasteiger partial charge in [0.05, 0.1) is 5.02 Å². The standard InChI is InChI=1S/C14H22ClN3O2S/c1-2-16-14-13(15)9-12(10-17-14)21(19,20)18-11-7-5-3-4-6-8-11/h9-11,18H,2-8H2,1H3,(H,16,17). The molecule has 21 heavy (non-hydrogen) atoms. The third-order valence-electron chi connectivity index (χ3n) is 3.65. The molecule has 0 aliphatic heterocycles. The van der Waals surface area contributed by atoms with Gasteiger partial charge in [0.15, 0.2) is 0 Å². The molecule has 1 heterocycles. The van der Waals surface area contributed by atoms with Gasteiger partial charge < -0.3 is 5.32 Å². The minimum atomic E-state index is -3.56. The minimum absolute atomic E-state index is 0.0183. The molecule has 1 saturated carbocycles. The molecule has 0 saturated heterocycles. The van der Waals surface area contributed by atoms with E-state index in [0.717, 1.165) is 25.7 Å². The van der Waals surface area contributed by atoms with E-state index in [4.69, 9.17) is 11.6 Å². The third kappa shape index (κ3) is 4.56. The summed E-state index contributed by atoms with van der Waals surface area (Å²) in [5.41, 5.74) is 0. The highest BCUT2D eigenvalue weighted by Gasteiger charge is 2.22. The lowest BCUT2D eigenvalue weighted by Crippen LogP contribution is -2.34. The second-order valence-electron chi connectivity index (χ2n) is 5.34. The molecule has 0 spiro atoms. The number of halogens is 1. The average molecular weight is 332 g/mol. The van der Waals surface area contributed by atoms with Crippen molar-refractivity contribution in [2.75, 3.05) is 11.9 Å². The quantitative estimate of drug-likeness (QED) is 0.813. The first-order valence-corrected chi connectivity index (χ1v) is 9.31. The van der Waals surface area contributed by atoms with Gasteiger partial charge >= 0.3 is 0 Å². The van der Waals surface area contributed by atoms with Crippen molar-refractivity contribution in [3.63, 3.8) is 0 Å². The van der Waals surface area contributed by atoms with Gasteiger partial charge in [-0.2, -0.15) is 0 Å². The molecule has 0 radical (unpaired) electrons. The monoisotopic (exact) mass is 331 g/mol. The van der Waals surface area contributed by atoms with Crippen LogP contribution in [-0.4, -0.2) is 26.0 Å². The second kappa shape index (κ2) is 7.42. The van der Waals surface area contributed by atoms with E-state index in [2.05, 4.69) is 15.0 Å². The highest BCUT2D eigenvalue weighted by Crippen LogP contribution is 2.24. The Bertz CT molecular complexity index is 570. The molecular weight excluding hydrogens is 310 g/mol. The second-order valence-corrected chi connectivity index (χ2v) is 7.46. The molecule has 0 atom stereocenters. The zero-order valence-corrected chi connectivity index (χ0v) is 13.8. The van der Waals surface area contributed by atoms with E-state index in [1.807, 2.05) is 6.92 Å². The Balaban J connectivity index is 2.13. The average Bonchev–Trinajstić information content (AvgIpc) is 2.69. The van der Waals surface area contributed by atoms with Crippen LogP contribution in [0.2, 0.25) is 5.02 Å². The van der Waals surface area contributed by atoms with E-state index in [1.54, 1.807) is 0 Å². The SMILES string of the molecule is CCNc1ncc(S(=O)(=O)NC2CCCCCC2)cc1Cl. The summed E-state index contributed by atoms with van der Waals surface area (Å²) in [5, 5.41) is 3.31. The molecule has 0 bridgehead atoms. The van der Waals surface area contributed by atoms with Gasteiger partial charge in [-0.3, -0.25) is 0 Å². The molecule has 5 nitrogen and oxygen atoms in total. The van der Waals surface area contributed by atoms with Crippen LogP contribution in [0.15, 0.2) is 17.2 Å². The fourth-order valence-corrected chi connectivity index (χ4v) is 4.12. The van der Waals surface area contributed by atoms with Crippen LogP contribution in [0.25, 0.3) is 0 Å². The van der Waals surface area contributed by atoms with Crippen molar-refractivity contribution in [1.82, 2.24) is 9.71 Å². The number of hydrogen-bond acceptors (Lipinski definition) is 4. The van der Waals surface area contributed by atoms with Crippen LogP contribution < -0.4 is 10.0 Å². The number of nitrogens with zero attached hydrogens (tertiary/aromatic N) is 1. The van der Waals surface area contributed by atoms with Gasteiger partial charge in [0.2, 0.25) is 10.0 Å². The first kappa shape index (κ1) is 16.5. The molecule has 1 aliphatic rings. The smallest absolute Gasteiger partial charge is 0.242 e. The highest BCUT2D eigenvalue weighted by molar-refractivity contribution is 7.89. The summed E-state index contributed by atoms with van der Waals surface area (Å²) in [5.74, 6) is 0.507. The number of rotatable bonds is 5. The van der Waals surface area contributed by atoms with E-state index in [9.17, 15) is 8.42 Å². The van der Waals surface area contributed by atoms with Crippen LogP contribution in [0.1, 0.15) is 45.4 Å². The molecule has 1 fully saturated rings. The zero-order chi connectivity index (χ0) is 15.3. The van der Waals surface area contributed by atoms with E-state index in [-0.39, 0.29) is 10.9 Å².